The summed E-state index contributed by atoms with van der Waals surface area (Å²) in [5.74, 6) is 10.5. The van der Waals surface area contributed by atoms with E-state index in [1.807, 2.05) is 18.2 Å². The van der Waals surface area contributed by atoms with E-state index in [1.165, 1.54) is 22.5 Å². The second-order valence-corrected chi connectivity index (χ2v) is 8.53. The highest BCUT2D eigenvalue weighted by Gasteiger charge is 2.15. The molecular weight excluding hydrogens is 442 g/mol. The van der Waals surface area contributed by atoms with E-state index >= 15 is 0 Å². The molecule has 0 bridgehead atoms. The zero-order valence-corrected chi connectivity index (χ0v) is 19.6. The van der Waals surface area contributed by atoms with Gasteiger partial charge in [-0.05, 0) is 72.6 Å². The Labute approximate surface area is 204 Å². The fourth-order valence-electron chi connectivity index (χ4n) is 4.03. The number of nitrogens with zero attached hydrogens (tertiary/aromatic N) is 3. The smallest absolute Gasteiger partial charge is 0.255 e. The van der Waals surface area contributed by atoms with Crippen LogP contribution in [0.2, 0.25) is 0 Å². The maximum absolute atomic E-state index is 12.9. The number of nitrogens with two attached hydrogens (primary N) is 2. The van der Waals surface area contributed by atoms with E-state index in [1.54, 1.807) is 42.5 Å². The number of fused-ring (bicyclic) bond motifs is 1. The Hall–Kier alpha value is -4.21. The number of hydrogen-bond acceptors (Lipinski definition) is 6. The lowest BCUT2D eigenvalue weighted by Crippen LogP contribution is -2.30. The molecule has 9 heteroatoms. The van der Waals surface area contributed by atoms with Crippen LogP contribution in [-0.4, -0.2) is 36.6 Å². The normalized spacial score (nSPS) is 13.3. The average Bonchev–Trinajstić information content (AvgIpc) is 2.87. The van der Waals surface area contributed by atoms with Crippen molar-refractivity contribution in [2.75, 3.05) is 23.9 Å². The quantitative estimate of drug-likeness (QED) is 0.181. The number of carbonyl (C=O) groups excluding carboxylic acids is 2. The monoisotopic (exact) mass is 471 g/mol. The second kappa shape index (κ2) is 10.8. The molecule has 180 valence electrons. The van der Waals surface area contributed by atoms with E-state index in [2.05, 4.69) is 33.7 Å². The van der Waals surface area contributed by atoms with Crippen molar-refractivity contribution in [2.45, 2.75) is 19.5 Å². The molecule has 1 aliphatic rings. The van der Waals surface area contributed by atoms with Crippen LogP contribution in [0.4, 0.5) is 11.4 Å². The fraction of sp³-hybridized carbons (Fsp3) is 0.192. The molecule has 0 saturated carbocycles. The van der Waals surface area contributed by atoms with Gasteiger partial charge in [-0.1, -0.05) is 24.3 Å². The molecule has 0 fully saturated rings. The first-order valence-electron chi connectivity index (χ1n) is 11.3. The van der Waals surface area contributed by atoms with Gasteiger partial charge in [0.15, 0.2) is 0 Å². The second-order valence-electron chi connectivity index (χ2n) is 8.53. The molecular formula is C26H29N7O2. The largest absolute Gasteiger partial charge is 0.348 e. The molecule has 0 unspecified atom stereocenters. The zero-order chi connectivity index (χ0) is 24.8. The zero-order valence-electron chi connectivity index (χ0n) is 19.6. The number of hydrazone groups is 1. The molecule has 2 amide bonds. The predicted octanol–water partition coefficient (Wildman–Crippen LogP) is 2.44. The number of hydrogen-bond donors (Lipinski definition) is 4. The van der Waals surface area contributed by atoms with Gasteiger partial charge in [0.1, 0.15) is 6.34 Å². The first kappa shape index (κ1) is 23.9. The summed E-state index contributed by atoms with van der Waals surface area (Å²) in [4.78, 5) is 27.8. The van der Waals surface area contributed by atoms with Crippen LogP contribution in [-0.2, 0) is 19.5 Å². The lowest BCUT2D eigenvalue weighted by atomic mass is 9.99. The third-order valence-electron chi connectivity index (χ3n) is 5.91. The van der Waals surface area contributed by atoms with Gasteiger partial charge in [-0.3, -0.25) is 14.6 Å². The van der Waals surface area contributed by atoms with E-state index in [9.17, 15) is 9.59 Å². The molecule has 9 nitrogen and oxygen atoms in total. The average molecular weight is 472 g/mol. The van der Waals surface area contributed by atoms with Gasteiger partial charge < -0.3 is 21.4 Å². The van der Waals surface area contributed by atoms with Gasteiger partial charge >= 0.3 is 0 Å². The summed E-state index contributed by atoms with van der Waals surface area (Å²) in [6.45, 7) is 2.19. The Balaban J connectivity index is 1.39. The van der Waals surface area contributed by atoms with Crippen LogP contribution in [0.5, 0.6) is 0 Å². The van der Waals surface area contributed by atoms with E-state index < -0.39 is 0 Å². The molecule has 4 rings (SSSR count). The van der Waals surface area contributed by atoms with E-state index in [0.29, 0.717) is 16.8 Å². The van der Waals surface area contributed by atoms with Crippen LogP contribution in [0.3, 0.4) is 0 Å². The van der Waals surface area contributed by atoms with Crippen LogP contribution in [0, 0.1) is 0 Å². The topological polar surface area (TPSA) is 129 Å². The molecule has 3 aromatic carbocycles. The Morgan fingerprint density at radius 2 is 1.80 bits per heavy atom. The third-order valence-corrected chi connectivity index (χ3v) is 5.91. The van der Waals surface area contributed by atoms with Crippen molar-refractivity contribution < 1.29 is 9.59 Å². The highest BCUT2D eigenvalue weighted by Crippen LogP contribution is 2.22. The lowest BCUT2D eigenvalue weighted by Gasteiger charge is -2.25. The van der Waals surface area contributed by atoms with Crippen LogP contribution < -0.4 is 27.3 Å². The molecule has 0 atom stereocenters. The molecule has 0 radical (unpaired) electrons. The molecule has 0 aromatic heterocycles. The first-order valence-corrected chi connectivity index (χ1v) is 11.3. The van der Waals surface area contributed by atoms with E-state index in [0.717, 1.165) is 30.8 Å². The predicted molar refractivity (Wildman–Crippen MR) is 138 cm³/mol. The van der Waals surface area contributed by atoms with Gasteiger partial charge in [-0.25, -0.2) is 5.84 Å². The number of carbonyl (C=O) groups is 2. The molecule has 0 aliphatic carbocycles. The number of hydrazine groups is 1. The number of rotatable bonds is 7. The molecule has 0 spiro atoms. The highest BCUT2D eigenvalue weighted by molar-refractivity contribution is 6.04. The molecule has 1 aliphatic heterocycles. The number of anilines is 2. The van der Waals surface area contributed by atoms with E-state index in [-0.39, 0.29) is 18.4 Å². The van der Waals surface area contributed by atoms with E-state index in [4.69, 9.17) is 11.7 Å². The summed E-state index contributed by atoms with van der Waals surface area (Å²) in [7, 11) is 2.10. The Kier molecular flexibility index (Phi) is 7.39. The standard InChI is InChI=1S/C26H29N7O2/c1-32-11-10-19-8-9-23(13-22(19)16-32)31-26(35)20-5-2-4-18(12-20)15-29-25(34)21-6-3-7-24(14-21)33(28)17-30-27/h2-9,12-14,17H,10-11,15-16,27-28H2,1H3,(H,29,34)(H,31,35)/b30-17-. The van der Waals surface area contributed by atoms with Gasteiger partial charge in [0.25, 0.3) is 11.8 Å². The molecule has 0 saturated heterocycles. The van der Waals surface area contributed by atoms with Crippen molar-refractivity contribution in [1.29, 1.82) is 0 Å². The van der Waals surface area contributed by atoms with Gasteiger partial charge in [-0.15, -0.1) is 0 Å². The van der Waals surface area contributed by atoms with Crippen LogP contribution >= 0.6 is 0 Å². The fourth-order valence-corrected chi connectivity index (χ4v) is 4.03. The summed E-state index contributed by atoms with van der Waals surface area (Å²) < 4.78 is 0. The van der Waals surface area contributed by atoms with Crippen LogP contribution in [0.1, 0.15) is 37.4 Å². The molecule has 1 heterocycles. The maximum Gasteiger partial charge on any atom is 0.255 e. The number of nitrogens with one attached hydrogen (secondary N) is 2. The van der Waals surface area contributed by atoms with Crippen molar-refractivity contribution in [3.63, 3.8) is 0 Å². The molecule has 6 N–H and O–H groups in total. The SMILES string of the molecule is CN1CCc2ccc(NC(=O)c3cccc(CNC(=O)c4cccc(N(N)/C=N\N)c4)c3)cc2C1. The minimum Gasteiger partial charge on any atom is -0.348 e. The van der Waals surface area contributed by atoms with Gasteiger partial charge in [0.2, 0.25) is 0 Å². The van der Waals surface area contributed by atoms with Crippen molar-refractivity contribution in [3.8, 4) is 0 Å². The Morgan fingerprint density at radius 3 is 2.60 bits per heavy atom. The lowest BCUT2D eigenvalue weighted by molar-refractivity contribution is 0.0950. The molecule has 35 heavy (non-hydrogen) atoms. The minimum atomic E-state index is -0.265. The van der Waals surface area contributed by atoms with Crippen molar-refractivity contribution in [3.05, 3.63) is 94.5 Å². The molecule has 3 aromatic rings. The summed E-state index contributed by atoms with van der Waals surface area (Å²) in [6.07, 6.45) is 2.26. The summed E-state index contributed by atoms with van der Waals surface area (Å²) >= 11 is 0. The summed E-state index contributed by atoms with van der Waals surface area (Å²) in [5.41, 5.74) is 5.69. The van der Waals surface area contributed by atoms with Gasteiger partial charge in [0.05, 0.1) is 5.69 Å². The van der Waals surface area contributed by atoms with Crippen LogP contribution in [0.15, 0.2) is 71.8 Å². The number of likely N-dealkylation sites (N-methyl/N-ethyl adjacent to an activating group) is 1. The van der Waals surface area contributed by atoms with Gasteiger partial charge in [-0.2, -0.15) is 5.10 Å². The van der Waals surface area contributed by atoms with Crippen molar-refractivity contribution >= 4 is 29.5 Å². The Bertz CT molecular complexity index is 1260. The summed E-state index contributed by atoms with van der Waals surface area (Å²) in [6, 6.07) is 20.1. The first-order chi connectivity index (χ1) is 16.9. The van der Waals surface area contributed by atoms with Crippen molar-refractivity contribution in [2.24, 2.45) is 16.8 Å². The summed E-state index contributed by atoms with van der Waals surface area (Å²) in [5, 5.41) is 10.5. The Morgan fingerprint density at radius 1 is 1.03 bits per heavy atom. The third kappa shape index (κ3) is 6.03. The van der Waals surface area contributed by atoms with Crippen molar-refractivity contribution in [1.82, 2.24) is 10.2 Å². The van der Waals surface area contributed by atoms with Gasteiger partial charge in [0, 0.05) is 36.4 Å². The minimum absolute atomic E-state index is 0.195. The highest BCUT2D eigenvalue weighted by atomic mass is 16.2. The number of amides is 2. The number of benzene rings is 3. The van der Waals surface area contributed by atoms with Crippen LogP contribution in [0.25, 0.3) is 0 Å². The maximum atomic E-state index is 12.9.